The molecule has 0 N–H and O–H groups in total. The van der Waals surface area contributed by atoms with E-state index in [-0.39, 0.29) is 42.1 Å². The topological polar surface area (TPSA) is 189 Å². The number of allylic oxidation sites excluding steroid dienone is 2. The van der Waals surface area contributed by atoms with Gasteiger partial charge in [0.1, 0.15) is 23.3 Å². The summed E-state index contributed by atoms with van der Waals surface area (Å²) in [5, 5.41) is 21.3. The predicted octanol–water partition coefficient (Wildman–Crippen LogP) is 18.9. The van der Waals surface area contributed by atoms with Crippen molar-refractivity contribution >= 4 is 22.9 Å². The average Bonchev–Trinajstić information content (AvgIpc) is 1.62. The average molecular weight is 1310 g/mol. The molecule has 2 aromatic carbocycles. The Morgan fingerprint density at radius 2 is 0.716 bits per heavy atom. The number of ether oxygens (including phenoxy) is 4. The van der Waals surface area contributed by atoms with Crippen molar-refractivity contribution in [1.82, 2.24) is 29.9 Å². The largest absolute Gasteiger partial charge is 2.00 e. The standard InChI is InChI=1S/2C40H40N5O2.Zn/c2*1-40(2,3)29-20-18-28(19-21-29)36(37-30(26-12-4-5-13-26)24-34(44-37)46-32-16-8-10-22-42-32)38-35(27-14-6-7-15-27)31(25-41)39(45-38)47-33-17-9-11-23-43-33;/h2*8-11,16-24,26-27H,4-7,12-15H2,1-3H3;/q2*-1;+2/b2*38-36-;. The molecule has 14 nitrogen and oxygen atoms in total. The van der Waals surface area contributed by atoms with E-state index in [1.54, 1.807) is 36.9 Å². The Morgan fingerprint density at radius 3 is 1.00 bits per heavy atom. The van der Waals surface area contributed by atoms with Gasteiger partial charge >= 0.3 is 19.5 Å². The first-order valence-corrected chi connectivity index (χ1v) is 33.7. The van der Waals surface area contributed by atoms with E-state index in [0.29, 0.717) is 70.1 Å². The van der Waals surface area contributed by atoms with Crippen molar-refractivity contribution in [3.63, 3.8) is 0 Å². The fraction of sp³-hybridized carbons (Fsp3) is 0.350. The van der Waals surface area contributed by atoms with Crippen LogP contribution in [0.15, 0.2) is 202 Å². The number of benzene rings is 2. The smallest absolute Gasteiger partial charge is 0.626 e. The summed E-state index contributed by atoms with van der Waals surface area (Å²) in [6.07, 6.45) is 24.4. The molecule has 2 aliphatic heterocycles. The second-order valence-corrected chi connectivity index (χ2v) is 27.5. The minimum atomic E-state index is 0. The molecule has 95 heavy (non-hydrogen) atoms. The van der Waals surface area contributed by atoms with Crippen molar-refractivity contribution in [2.24, 2.45) is 21.8 Å². The second kappa shape index (κ2) is 29.1. The van der Waals surface area contributed by atoms with Gasteiger partial charge < -0.3 is 28.9 Å². The number of nitrogens with zero attached hydrogens (tertiary/aromatic N) is 10. The zero-order chi connectivity index (χ0) is 64.8. The number of nitriles is 2. The summed E-state index contributed by atoms with van der Waals surface area (Å²) in [4.78, 5) is 38.4. The molecule has 4 saturated carbocycles. The molecule has 0 unspecified atom stereocenters. The second-order valence-electron chi connectivity index (χ2n) is 27.5. The van der Waals surface area contributed by atoms with Crippen molar-refractivity contribution in [2.45, 2.75) is 167 Å². The number of aromatic nitrogens is 6. The van der Waals surface area contributed by atoms with Crippen molar-refractivity contribution in [3.8, 4) is 47.4 Å². The third-order valence-corrected chi connectivity index (χ3v) is 19.2. The first-order valence-electron chi connectivity index (χ1n) is 33.7. The molecule has 0 atom stereocenters. The summed E-state index contributed by atoms with van der Waals surface area (Å²) < 4.78 is 25.1. The van der Waals surface area contributed by atoms with Crippen LogP contribution in [0.5, 0.6) is 35.3 Å². The van der Waals surface area contributed by atoms with E-state index in [4.69, 9.17) is 38.9 Å². The molecule has 0 spiro atoms. The molecule has 8 heterocycles. The Labute approximate surface area is 571 Å². The Bertz CT molecular complexity index is 4010. The molecule has 15 heteroatoms. The van der Waals surface area contributed by atoms with Gasteiger partial charge in [-0.15, -0.1) is 11.4 Å². The van der Waals surface area contributed by atoms with Gasteiger partial charge in [-0.2, -0.15) is 10.5 Å². The molecule has 8 aromatic rings. The van der Waals surface area contributed by atoms with Crippen LogP contribution in [-0.4, -0.2) is 31.7 Å². The summed E-state index contributed by atoms with van der Waals surface area (Å²) in [7, 11) is 0. The van der Waals surface area contributed by atoms with Gasteiger partial charge in [0, 0.05) is 72.0 Å². The summed E-state index contributed by atoms with van der Waals surface area (Å²) in [6.45, 7) is 13.3. The molecule has 4 aliphatic carbocycles. The van der Waals surface area contributed by atoms with Crippen molar-refractivity contribution in [1.29, 1.82) is 10.5 Å². The fourth-order valence-corrected chi connectivity index (χ4v) is 14.4. The number of hydrogen-bond donors (Lipinski definition) is 0. The number of pyridine rings is 4. The van der Waals surface area contributed by atoms with Gasteiger partial charge in [0.15, 0.2) is 0 Å². The van der Waals surface area contributed by atoms with Crippen molar-refractivity contribution < 1.29 is 38.4 Å². The molecule has 476 valence electrons. The van der Waals surface area contributed by atoms with Gasteiger partial charge in [-0.1, -0.05) is 177 Å². The normalized spacial score (nSPS) is 18.2. The molecule has 0 radical (unpaired) electrons. The molecule has 6 aliphatic rings. The minimum absolute atomic E-state index is 0. The van der Waals surface area contributed by atoms with Crippen LogP contribution >= 0.6 is 0 Å². The first kappa shape index (κ1) is 65.8. The third kappa shape index (κ3) is 14.7. The maximum Gasteiger partial charge on any atom is 2.00 e. The van der Waals surface area contributed by atoms with Crippen LogP contribution in [0.3, 0.4) is 0 Å². The summed E-state index contributed by atoms with van der Waals surface area (Å²) in [5.41, 5.74) is 14.8. The molecule has 6 aromatic heterocycles. The van der Waals surface area contributed by atoms with E-state index in [9.17, 15) is 10.5 Å². The van der Waals surface area contributed by atoms with Gasteiger partial charge in [-0.05, 0) is 156 Å². The predicted molar refractivity (Wildman–Crippen MR) is 367 cm³/mol. The van der Waals surface area contributed by atoms with E-state index in [2.05, 4.69) is 134 Å². The Hall–Kier alpha value is -9.30. The van der Waals surface area contributed by atoms with E-state index in [1.807, 2.05) is 60.7 Å². The van der Waals surface area contributed by atoms with Crippen LogP contribution in [0.25, 0.3) is 11.1 Å². The zero-order valence-electron chi connectivity index (χ0n) is 55.4. The first-order chi connectivity index (χ1) is 45.8. The van der Waals surface area contributed by atoms with E-state index < -0.39 is 0 Å². The minimum Gasteiger partial charge on any atom is -0.626 e. The van der Waals surface area contributed by atoms with Gasteiger partial charge in [0.2, 0.25) is 35.3 Å². The van der Waals surface area contributed by atoms with Gasteiger partial charge in [0.25, 0.3) is 0 Å². The van der Waals surface area contributed by atoms with Crippen LogP contribution < -0.4 is 28.9 Å². The molecule has 0 saturated heterocycles. The Kier molecular flexibility index (Phi) is 20.2. The molecule has 4 fully saturated rings. The van der Waals surface area contributed by atoms with E-state index in [1.165, 1.54) is 36.8 Å². The Balaban J connectivity index is 0.000000180. The van der Waals surface area contributed by atoms with Crippen LogP contribution in [0.4, 0.5) is 0 Å². The van der Waals surface area contributed by atoms with Crippen molar-refractivity contribution in [3.05, 3.63) is 237 Å². The summed E-state index contributed by atoms with van der Waals surface area (Å²) in [5.74, 6) is 4.56. The van der Waals surface area contributed by atoms with Crippen LogP contribution in [0.1, 0.15) is 201 Å². The maximum atomic E-state index is 10.7. The van der Waals surface area contributed by atoms with Crippen LogP contribution in [-0.2, 0) is 30.3 Å². The van der Waals surface area contributed by atoms with Crippen LogP contribution in [0.2, 0.25) is 0 Å². The van der Waals surface area contributed by atoms with Crippen LogP contribution in [0, 0.1) is 34.5 Å². The third-order valence-electron chi connectivity index (χ3n) is 19.2. The summed E-state index contributed by atoms with van der Waals surface area (Å²) >= 11 is 0. The molecular formula is C80H80N10O4Zn. The van der Waals surface area contributed by atoms with Crippen molar-refractivity contribution in [2.75, 3.05) is 0 Å². The summed E-state index contributed by atoms with van der Waals surface area (Å²) in [6, 6.07) is 49.0. The Morgan fingerprint density at radius 1 is 0.411 bits per heavy atom. The fourth-order valence-electron chi connectivity index (χ4n) is 14.4. The molecule has 0 amide bonds. The number of hydrogen-bond acceptors (Lipinski definition) is 12. The van der Waals surface area contributed by atoms with Gasteiger partial charge in [-0.3, -0.25) is 0 Å². The van der Waals surface area contributed by atoms with E-state index in [0.717, 1.165) is 144 Å². The van der Waals surface area contributed by atoms with E-state index >= 15 is 0 Å². The quantitative estimate of drug-likeness (QED) is 0.0938. The molecular weight excluding hydrogens is 1230 g/mol. The molecule has 14 rings (SSSR count). The van der Waals surface area contributed by atoms with Gasteiger partial charge in [0.05, 0.1) is 11.4 Å². The zero-order valence-corrected chi connectivity index (χ0v) is 58.4. The van der Waals surface area contributed by atoms with Gasteiger partial charge in [-0.25, -0.2) is 29.9 Å². The SMILES string of the molecule is CC(C)(C)c1ccc(/C(=C2/N=C(Oc3ccccn3)C(C#N)=C2C2CCCC2)c2[n-]c(Oc3ccccn3)cc2C2CCCC2)cc1.CC(C)(C)c1ccc(/C(=C2/N=C(Oc3ccccn3)C(C#N)=C2C2CCCC2)c2[n-]c(Oc3ccccn3)cc2C2CCCC2)cc1.[Zn+2]. The number of aliphatic imine (C=N–C) groups is 2. The monoisotopic (exact) mass is 1310 g/mol. The molecule has 0 bridgehead atoms. The maximum absolute atomic E-state index is 10.7. The number of rotatable bonds is 14.